The van der Waals surface area contributed by atoms with Crippen molar-refractivity contribution in [2.75, 3.05) is 12.3 Å². The van der Waals surface area contributed by atoms with Gasteiger partial charge in [-0.2, -0.15) is 0 Å². The van der Waals surface area contributed by atoms with E-state index in [1.807, 2.05) is 0 Å². The van der Waals surface area contributed by atoms with Crippen LogP contribution in [0, 0.1) is 0 Å². The van der Waals surface area contributed by atoms with Gasteiger partial charge >= 0.3 is 0 Å². The molecule has 214 valence electrons. The zero-order valence-corrected chi connectivity index (χ0v) is 26.5. The van der Waals surface area contributed by atoms with Gasteiger partial charge in [0.25, 0.3) is 0 Å². The summed E-state index contributed by atoms with van der Waals surface area (Å²) in [4.78, 5) is 0. The Balaban J connectivity index is 1.68. The van der Waals surface area contributed by atoms with Crippen molar-refractivity contribution in [2.45, 2.75) is 51.9 Å². The molecule has 1 heterocycles. The predicted molar refractivity (Wildman–Crippen MR) is 192 cm³/mol. The summed E-state index contributed by atoms with van der Waals surface area (Å²) >= 11 is 0. The second-order valence-corrected chi connectivity index (χ2v) is 16.8. The summed E-state index contributed by atoms with van der Waals surface area (Å²) in [6.45, 7) is 4.75. The number of hydrogen-bond acceptors (Lipinski definition) is 0. The first kappa shape index (κ1) is 28.1. The predicted octanol–water partition coefficient (Wildman–Crippen LogP) is 12.6. The zero-order valence-electron chi connectivity index (χ0n) is 25.7. The van der Waals surface area contributed by atoms with Crippen LogP contribution in [0.3, 0.4) is 0 Å². The van der Waals surface area contributed by atoms with Crippen LogP contribution in [0.5, 0.6) is 0 Å². The minimum Gasteiger partial charge on any atom is -0.0652 e. The molecule has 1 aliphatic heterocycles. The van der Waals surface area contributed by atoms with Gasteiger partial charge in [-0.3, -0.25) is 0 Å². The van der Waals surface area contributed by atoms with Crippen molar-refractivity contribution in [1.82, 2.24) is 0 Å². The van der Waals surface area contributed by atoms with E-state index in [1.165, 1.54) is 105 Å². The Kier molecular flexibility index (Phi) is 7.90. The number of rotatable bonds is 8. The normalized spacial score (nSPS) is 13.9. The summed E-state index contributed by atoms with van der Waals surface area (Å²) < 4.78 is 0. The monoisotopic (exact) mass is 577 g/mol. The fourth-order valence-electron chi connectivity index (χ4n) is 7.57. The lowest BCUT2D eigenvalue weighted by Crippen LogP contribution is -2.10. The second-order valence-electron chi connectivity index (χ2n) is 12.5. The van der Waals surface area contributed by atoms with Crippen molar-refractivity contribution in [1.29, 1.82) is 0 Å². The van der Waals surface area contributed by atoms with Crippen molar-refractivity contribution >= 4 is 28.8 Å². The minimum atomic E-state index is -1.38. The molecule has 0 spiro atoms. The first-order valence-corrected chi connectivity index (χ1v) is 18.8. The maximum atomic E-state index is 2.51. The van der Waals surface area contributed by atoms with E-state index in [1.54, 1.807) is 11.1 Å². The third-order valence-corrected chi connectivity index (χ3v) is 14.2. The molecule has 0 amide bonds. The van der Waals surface area contributed by atoms with Gasteiger partial charge in [-0.25, -0.2) is 0 Å². The van der Waals surface area contributed by atoms with E-state index in [2.05, 4.69) is 135 Å². The van der Waals surface area contributed by atoms with Crippen molar-refractivity contribution in [3.05, 3.63) is 132 Å². The van der Waals surface area contributed by atoms with Crippen LogP contribution < -0.4 is 0 Å². The third-order valence-electron chi connectivity index (χ3n) is 9.69. The molecule has 0 nitrogen and oxygen atoms in total. The number of hydrogen-bond donors (Lipinski definition) is 0. The average Bonchev–Trinajstić information content (AvgIpc) is 3.22. The molecule has 0 saturated carbocycles. The zero-order chi connectivity index (χ0) is 29.2. The maximum absolute atomic E-state index is 2.51. The van der Waals surface area contributed by atoms with Crippen molar-refractivity contribution in [3.8, 4) is 33.4 Å². The molecule has 0 saturated heterocycles. The van der Waals surface area contributed by atoms with Crippen LogP contribution in [-0.2, 0) is 12.3 Å². The first-order chi connectivity index (χ1) is 21.2. The van der Waals surface area contributed by atoms with E-state index in [0.29, 0.717) is 0 Å². The number of benzene rings is 6. The molecule has 6 aromatic carbocycles. The van der Waals surface area contributed by atoms with Crippen LogP contribution in [0.25, 0.3) is 54.9 Å². The highest BCUT2D eigenvalue weighted by Crippen LogP contribution is 2.70. The highest BCUT2D eigenvalue weighted by molar-refractivity contribution is 7.74. The second kappa shape index (κ2) is 12.1. The Labute approximate surface area is 258 Å². The highest BCUT2D eigenvalue weighted by atomic mass is 31.2. The molecule has 1 heteroatoms. The summed E-state index contributed by atoms with van der Waals surface area (Å²) in [5, 5.41) is 5.49. The Bertz CT molecular complexity index is 1740. The Hall–Kier alpha value is -3.73. The average molecular weight is 578 g/mol. The molecular formula is C42H42P+. The van der Waals surface area contributed by atoms with Crippen LogP contribution in [-0.4, -0.2) is 12.3 Å². The van der Waals surface area contributed by atoms with Gasteiger partial charge in [-0.1, -0.05) is 136 Å². The van der Waals surface area contributed by atoms with Gasteiger partial charge < -0.3 is 0 Å². The third kappa shape index (κ3) is 5.21. The van der Waals surface area contributed by atoms with Gasteiger partial charge in [0.05, 0.1) is 24.6 Å². The first-order valence-electron chi connectivity index (χ1n) is 16.3. The van der Waals surface area contributed by atoms with Crippen molar-refractivity contribution in [2.24, 2.45) is 0 Å². The molecule has 1 aliphatic rings. The van der Waals surface area contributed by atoms with Crippen LogP contribution in [0.4, 0.5) is 0 Å². The van der Waals surface area contributed by atoms with E-state index >= 15 is 0 Å². The molecule has 0 aliphatic carbocycles. The molecule has 0 fully saturated rings. The fourth-order valence-corrected chi connectivity index (χ4v) is 12.5. The molecule has 0 aromatic heterocycles. The van der Waals surface area contributed by atoms with E-state index in [0.717, 1.165) is 0 Å². The SMILES string of the molecule is CCCC[P+]1(CCCC)Cc2c(-c3ccccc3)cc3ccccc3c2-c2c(c(-c3ccccc3)cc3ccccc23)C1. The molecule has 0 unspecified atom stereocenters. The van der Waals surface area contributed by atoms with Gasteiger partial charge in [0.1, 0.15) is 0 Å². The lowest BCUT2D eigenvalue weighted by atomic mass is 9.82. The van der Waals surface area contributed by atoms with E-state index in [4.69, 9.17) is 0 Å². The molecule has 7 rings (SSSR count). The molecule has 0 N–H and O–H groups in total. The molecule has 0 radical (unpaired) electrons. The van der Waals surface area contributed by atoms with E-state index < -0.39 is 7.26 Å². The van der Waals surface area contributed by atoms with Crippen LogP contribution in [0.15, 0.2) is 121 Å². The summed E-state index contributed by atoms with van der Waals surface area (Å²) in [5.74, 6) is 0. The smallest absolute Gasteiger partial charge is 0.0652 e. The number of fused-ring (bicyclic) bond motifs is 7. The fraction of sp³-hybridized carbons (Fsp3) is 0.238. The maximum Gasteiger partial charge on any atom is 0.0858 e. The van der Waals surface area contributed by atoms with Gasteiger partial charge in [0.2, 0.25) is 0 Å². The largest absolute Gasteiger partial charge is 0.0858 e. The molecule has 0 bridgehead atoms. The molecule has 6 aromatic rings. The van der Waals surface area contributed by atoms with Crippen molar-refractivity contribution in [3.63, 3.8) is 0 Å². The summed E-state index contributed by atoms with van der Waals surface area (Å²) in [6, 6.07) is 45.8. The van der Waals surface area contributed by atoms with Gasteiger partial charge in [0, 0.05) is 18.4 Å². The quantitative estimate of drug-likeness (QED) is 0.158. The van der Waals surface area contributed by atoms with Gasteiger partial charge in [0.15, 0.2) is 0 Å². The van der Waals surface area contributed by atoms with Gasteiger partial charge in [-0.15, -0.1) is 0 Å². The number of unbranched alkanes of at least 4 members (excludes halogenated alkanes) is 2. The standard InChI is InChI=1S/C42H42P/c1-3-5-25-43(26-6-4-2)29-39-37(31-17-9-7-10-18-31)27-33-21-13-15-23-35(33)41(39)42-36-24-16-14-22-34(36)28-38(40(42)30-43)32-19-11-8-12-20-32/h7-24,27-28H,3-6,25-26,29-30H2,1-2H3/q+1. The Morgan fingerprint density at radius 1 is 0.488 bits per heavy atom. The van der Waals surface area contributed by atoms with Crippen LogP contribution in [0.2, 0.25) is 0 Å². The Morgan fingerprint density at radius 3 is 1.30 bits per heavy atom. The minimum absolute atomic E-state index is 1.23. The Morgan fingerprint density at radius 2 is 0.884 bits per heavy atom. The van der Waals surface area contributed by atoms with Gasteiger partial charge in [-0.05, 0) is 79.9 Å². The topological polar surface area (TPSA) is 0 Å². The highest BCUT2D eigenvalue weighted by Gasteiger charge is 2.43. The summed E-state index contributed by atoms with van der Waals surface area (Å²) in [7, 11) is -1.38. The molecular weight excluding hydrogens is 535 g/mol. The lowest BCUT2D eigenvalue weighted by molar-refractivity contribution is 0.853. The van der Waals surface area contributed by atoms with Crippen LogP contribution >= 0.6 is 7.26 Å². The lowest BCUT2D eigenvalue weighted by Gasteiger charge is -2.29. The summed E-state index contributed by atoms with van der Waals surface area (Å²) in [5.41, 5.74) is 11.8. The summed E-state index contributed by atoms with van der Waals surface area (Å²) in [6.07, 6.45) is 10.4. The van der Waals surface area contributed by atoms with Crippen molar-refractivity contribution < 1.29 is 0 Å². The van der Waals surface area contributed by atoms with E-state index in [9.17, 15) is 0 Å². The molecule has 0 atom stereocenters. The molecule has 43 heavy (non-hydrogen) atoms. The van der Waals surface area contributed by atoms with E-state index in [-0.39, 0.29) is 0 Å². The van der Waals surface area contributed by atoms with Crippen LogP contribution in [0.1, 0.15) is 50.7 Å².